The number of methoxy groups -OCH3 is 2. The zero-order valence-electron chi connectivity index (χ0n) is 10.4. The summed E-state index contributed by atoms with van der Waals surface area (Å²) in [7, 11) is 3.06. The zero-order chi connectivity index (χ0) is 12.9. The van der Waals surface area contributed by atoms with Crippen LogP contribution in [-0.2, 0) is 15.9 Å². The maximum atomic E-state index is 12.7. The lowest BCUT2D eigenvalue weighted by atomic mass is 9.93. The summed E-state index contributed by atoms with van der Waals surface area (Å²) < 4.78 is 22.8. The van der Waals surface area contributed by atoms with Crippen LogP contribution >= 0.6 is 0 Å². The van der Waals surface area contributed by atoms with Crippen molar-refractivity contribution in [1.82, 2.24) is 0 Å². The van der Waals surface area contributed by atoms with Crippen molar-refractivity contribution in [2.45, 2.75) is 31.7 Å². The topological polar surface area (TPSA) is 38.7 Å². The van der Waals surface area contributed by atoms with E-state index in [0.29, 0.717) is 12.8 Å². The smallest absolute Gasteiger partial charge is 0.159 e. The molecular formula is C13H19FO3. The average molecular weight is 242 g/mol. The van der Waals surface area contributed by atoms with Crippen molar-refractivity contribution in [2.24, 2.45) is 0 Å². The van der Waals surface area contributed by atoms with Crippen LogP contribution in [0.3, 0.4) is 0 Å². The summed E-state index contributed by atoms with van der Waals surface area (Å²) in [5.74, 6) is -0.278. The van der Waals surface area contributed by atoms with Gasteiger partial charge in [0, 0.05) is 27.1 Å². The lowest BCUT2D eigenvalue weighted by Gasteiger charge is -2.27. The molecule has 0 saturated heterocycles. The van der Waals surface area contributed by atoms with E-state index in [2.05, 4.69) is 0 Å². The molecule has 1 rings (SSSR count). The second kappa shape index (κ2) is 6.10. The Bertz CT molecular complexity index is 331. The fraction of sp³-hybridized carbons (Fsp3) is 0.538. The van der Waals surface area contributed by atoms with E-state index in [9.17, 15) is 9.50 Å². The summed E-state index contributed by atoms with van der Waals surface area (Å²) in [6.45, 7) is 1.71. The van der Waals surface area contributed by atoms with Gasteiger partial charge in [0.05, 0.1) is 5.60 Å². The van der Waals surface area contributed by atoms with Crippen LogP contribution in [0.25, 0.3) is 0 Å². The van der Waals surface area contributed by atoms with Gasteiger partial charge in [-0.25, -0.2) is 4.39 Å². The SMILES string of the molecule is COC(CC(C)(O)Cc1ccc(F)cc1)OC. The molecule has 1 aromatic rings. The highest BCUT2D eigenvalue weighted by Gasteiger charge is 2.25. The Morgan fingerprint density at radius 1 is 1.24 bits per heavy atom. The Balaban J connectivity index is 2.62. The summed E-state index contributed by atoms with van der Waals surface area (Å²) in [6.07, 6.45) is 0.346. The van der Waals surface area contributed by atoms with Crippen LogP contribution in [0.15, 0.2) is 24.3 Å². The van der Waals surface area contributed by atoms with Gasteiger partial charge in [0.15, 0.2) is 6.29 Å². The van der Waals surface area contributed by atoms with Crippen LogP contribution < -0.4 is 0 Å². The fourth-order valence-corrected chi connectivity index (χ4v) is 1.74. The van der Waals surface area contributed by atoms with E-state index in [0.717, 1.165) is 5.56 Å². The van der Waals surface area contributed by atoms with Gasteiger partial charge in [0.25, 0.3) is 0 Å². The Morgan fingerprint density at radius 2 is 1.76 bits per heavy atom. The molecule has 96 valence electrons. The Kier molecular flexibility index (Phi) is 5.05. The largest absolute Gasteiger partial charge is 0.390 e. The van der Waals surface area contributed by atoms with Crippen molar-refractivity contribution in [3.05, 3.63) is 35.6 Å². The van der Waals surface area contributed by atoms with Gasteiger partial charge < -0.3 is 14.6 Å². The second-order valence-corrected chi connectivity index (χ2v) is 4.41. The molecule has 3 nitrogen and oxygen atoms in total. The second-order valence-electron chi connectivity index (χ2n) is 4.41. The molecule has 0 bridgehead atoms. The number of aliphatic hydroxyl groups is 1. The van der Waals surface area contributed by atoms with Gasteiger partial charge in [-0.05, 0) is 24.6 Å². The minimum Gasteiger partial charge on any atom is -0.390 e. The predicted octanol–water partition coefficient (Wildman–Crippen LogP) is 2.13. The monoisotopic (exact) mass is 242 g/mol. The summed E-state index contributed by atoms with van der Waals surface area (Å²) in [5, 5.41) is 10.2. The summed E-state index contributed by atoms with van der Waals surface area (Å²) in [5.41, 5.74) is -0.0727. The van der Waals surface area contributed by atoms with E-state index in [1.165, 1.54) is 26.4 Å². The normalized spacial score (nSPS) is 14.9. The first-order valence-corrected chi connectivity index (χ1v) is 5.49. The highest BCUT2D eigenvalue weighted by atomic mass is 19.1. The molecule has 0 aliphatic rings. The molecule has 0 amide bonds. The summed E-state index contributed by atoms with van der Waals surface area (Å²) in [6, 6.07) is 6.10. The minimum atomic E-state index is -0.950. The lowest BCUT2D eigenvalue weighted by molar-refractivity contribution is -0.139. The highest BCUT2D eigenvalue weighted by Crippen LogP contribution is 2.20. The molecule has 1 N–H and O–H groups in total. The van der Waals surface area contributed by atoms with Crippen LogP contribution in [-0.4, -0.2) is 31.2 Å². The fourth-order valence-electron chi connectivity index (χ4n) is 1.74. The van der Waals surface area contributed by atoms with Crippen LogP contribution in [0, 0.1) is 5.82 Å². The highest BCUT2D eigenvalue weighted by molar-refractivity contribution is 5.17. The van der Waals surface area contributed by atoms with Crippen molar-refractivity contribution in [3.8, 4) is 0 Å². The zero-order valence-corrected chi connectivity index (χ0v) is 10.4. The predicted molar refractivity (Wildman–Crippen MR) is 63.2 cm³/mol. The number of hydrogen-bond acceptors (Lipinski definition) is 3. The van der Waals surface area contributed by atoms with Crippen molar-refractivity contribution in [1.29, 1.82) is 0 Å². The van der Waals surface area contributed by atoms with E-state index in [-0.39, 0.29) is 5.82 Å². The molecule has 1 unspecified atom stereocenters. The molecule has 0 heterocycles. The number of ether oxygens (including phenoxy) is 2. The summed E-state index contributed by atoms with van der Waals surface area (Å²) in [4.78, 5) is 0. The first-order valence-electron chi connectivity index (χ1n) is 5.49. The number of hydrogen-bond donors (Lipinski definition) is 1. The third-order valence-corrected chi connectivity index (χ3v) is 2.63. The molecule has 0 spiro atoms. The molecule has 0 aromatic heterocycles. The van der Waals surface area contributed by atoms with Crippen molar-refractivity contribution < 1.29 is 19.0 Å². The lowest BCUT2D eigenvalue weighted by Crippen LogP contribution is -2.34. The maximum absolute atomic E-state index is 12.7. The molecule has 1 aromatic carbocycles. The third kappa shape index (κ3) is 4.81. The molecule has 0 radical (unpaired) electrons. The van der Waals surface area contributed by atoms with Crippen LogP contribution in [0.4, 0.5) is 4.39 Å². The first kappa shape index (κ1) is 14.1. The quantitative estimate of drug-likeness (QED) is 0.777. The van der Waals surface area contributed by atoms with Crippen LogP contribution in [0.2, 0.25) is 0 Å². The molecule has 0 fully saturated rings. The molecule has 17 heavy (non-hydrogen) atoms. The third-order valence-electron chi connectivity index (χ3n) is 2.63. The number of benzene rings is 1. The van der Waals surface area contributed by atoms with Gasteiger partial charge in [0.1, 0.15) is 5.82 Å². The van der Waals surface area contributed by atoms with Crippen LogP contribution in [0.5, 0.6) is 0 Å². The number of halogens is 1. The average Bonchev–Trinajstić information content (AvgIpc) is 2.29. The van der Waals surface area contributed by atoms with E-state index in [1.807, 2.05) is 0 Å². The van der Waals surface area contributed by atoms with Gasteiger partial charge in [0.2, 0.25) is 0 Å². The molecular weight excluding hydrogens is 223 g/mol. The van der Waals surface area contributed by atoms with E-state index < -0.39 is 11.9 Å². The standard InChI is InChI=1S/C13H19FO3/c1-13(15,9-12(16-2)17-3)8-10-4-6-11(14)7-5-10/h4-7,12,15H,8-9H2,1-3H3. The minimum absolute atomic E-state index is 0.278. The molecule has 0 aliphatic heterocycles. The Hall–Kier alpha value is -0.970. The molecule has 1 atom stereocenters. The molecule has 4 heteroatoms. The first-order chi connectivity index (χ1) is 7.96. The molecule has 0 aliphatic carbocycles. The Morgan fingerprint density at radius 3 is 2.24 bits per heavy atom. The Labute approximate surface area is 101 Å². The maximum Gasteiger partial charge on any atom is 0.159 e. The van der Waals surface area contributed by atoms with Gasteiger partial charge >= 0.3 is 0 Å². The van der Waals surface area contributed by atoms with E-state index in [4.69, 9.17) is 9.47 Å². The molecule has 0 saturated carbocycles. The van der Waals surface area contributed by atoms with Crippen molar-refractivity contribution >= 4 is 0 Å². The van der Waals surface area contributed by atoms with Gasteiger partial charge in [-0.2, -0.15) is 0 Å². The van der Waals surface area contributed by atoms with Gasteiger partial charge in [-0.3, -0.25) is 0 Å². The van der Waals surface area contributed by atoms with E-state index >= 15 is 0 Å². The van der Waals surface area contributed by atoms with Crippen molar-refractivity contribution in [3.63, 3.8) is 0 Å². The summed E-state index contributed by atoms with van der Waals surface area (Å²) >= 11 is 0. The van der Waals surface area contributed by atoms with Gasteiger partial charge in [-0.15, -0.1) is 0 Å². The van der Waals surface area contributed by atoms with Crippen molar-refractivity contribution in [2.75, 3.05) is 14.2 Å². The van der Waals surface area contributed by atoms with Crippen LogP contribution in [0.1, 0.15) is 18.9 Å². The van der Waals surface area contributed by atoms with Gasteiger partial charge in [-0.1, -0.05) is 12.1 Å². The van der Waals surface area contributed by atoms with E-state index in [1.54, 1.807) is 19.1 Å². The number of rotatable bonds is 6.